The third-order valence-electron chi connectivity index (χ3n) is 6.03. The lowest BCUT2D eigenvalue weighted by atomic mass is 10.1. The van der Waals surface area contributed by atoms with Crippen LogP contribution in [0.4, 0.5) is 5.82 Å². The van der Waals surface area contributed by atoms with E-state index in [1.165, 1.54) is 0 Å². The minimum atomic E-state index is 0.198. The number of para-hydroxylation sites is 1. The molecule has 0 unspecified atom stereocenters. The van der Waals surface area contributed by atoms with E-state index < -0.39 is 0 Å². The number of fused-ring (bicyclic) bond motifs is 1. The van der Waals surface area contributed by atoms with E-state index in [0.717, 1.165) is 41.7 Å². The first-order valence-electron chi connectivity index (χ1n) is 10.9. The van der Waals surface area contributed by atoms with Gasteiger partial charge in [0.1, 0.15) is 23.7 Å². The molecule has 1 aliphatic heterocycles. The van der Waals surface area contributed by atoms with Gasteiger partial charge in [-0.3, -0.25) is 0 Å². The topological polar surface area (TPSA) is 82.1 Å². The first-order chi connectivity index (χ1) is 16.1. The number of hydrogen-bond donors (Lipinski definition) is 1. The number of nitrogens with two attached hydrogens (primary N) is 1. The quantitative estimate of drug-likeness (QED) is 0.419. The summed E-state index contributed by atoms with van der Waals surface area (Å²) in [5, 5.41) is 1.94. The molecule has 33 heavy (non-hydrogen) atoms. The van der Waals surface area contributed by atoms with E-state index in [1.54, 1.807) is 18.7 Å². The summed E-state index contributed by atoms with van der Waals surface area (Å²) < 4.78 is 8.20. The molecule has 0 saturated carbocycles. The van der Waals surface area contributed by atoms with Crippen LogP contribution in [0.2, 0.25) is 10.0 Å². The second-order valence-corrected chi connectivity index (χ2v) is 8.93. The number of rotatable bonds is 6. The zero-order valence-electron chi connectivity index (χ0n) is 18.2. The number of benzene rings is 1. The second-order valence-electron chi connectivity index (χ2n) is 8.14. The number of hydrogen-bond acceptors (Lipinski definition) is 6. The summed E-state index contributed by atoms with van der Waals surface area (Å²) in [7, 11) is 0. The molecule has 0 aliphatic carbocycles. The number of halogens is 2. The summed E-state index contributed by atoms with van der Waals surface area (Å²) in [4.78, 5) is 15.6. The van der Waals surface area contributed by atoms with Gasteiger partial charge in [0.2, 0.25) is 0 Å². The Morgan fingerprint density at radius 2 is 2.15 bits per heavy atom. The molecule has 1 aliphatic rings. The van der Waals surface area contributed by atoms with Crippen molar-refractivity contribution in [3.05, 3.63) is 70.5 Å². The number of pyridine rings is 2. The lowest BCUT2D eigenvalue weighted by molar-refractivity contribution is 0.309. The fourth-order valence-electron chi connectivity index (χ4n) is 4.39. The molecule has 0 bridgehead atoms. The average molecular weight is 483 g/mol. The predicted molar refractivity (Wildman–Crippen MR) is 132 cm³/mol. The summed E-state index contributed by atoms with van der Waals surface area (Å²) in [6, 6.07) is 8.14. The van der Waals surface area contributed by atoms with Crippen LogP contribution < -0.4 is 15.4 Å². The highest BCUT2D eigenvalue weighted by molar-refractivity contribution is 6.37. The van der Waals surface area contributed by atoms with Crippen molar-refractivity contribution in [1.82, 2.24) is 19.5 Å². The van der Waals surface area contributed by atoms with E-state index in [2.05, 4.69) is 14.9 Å². The monoisotopic (exact) mass is 482 g/mol. The van der Waals surface area contributed by atoms with Crippen molar-refractivity contribution in [2.75, 3.05) is 18.0 Å². The smallest absolute Gasteiger partial charge is 0.148 e. The van der Waals surface area contributed by atoms with Crippen LogP contribution in [0.15, 0.2) is 49.2 Å². The molecule has 3 aromatic heterocycles. The highest BCUT2D eigenvalue weighted by Gasteiger charge is 2.27. The maximum absolute atomic E-state index is 6.78. The molecular formula is C24H24Cl2N6O. The molecule has 4 aromatic rings. The summed E-state index contributed by atoms with van der Waals surface area (Å²) in [5.74, 6) is 1.37. The summed E-state index contributed by atoms with van der Waals surface area (Å²) in [6.45, 7) is 3.60. The molecule has 0 spiro atoms. The molecular weight excluding hydrogens is 459 g/mol. The molecule has 1 saturated heterocycles. The minimum absolute atomic E-state index is 0.198. The van der Waals surface area contributed by atoms with Crippen molar-refractivity contribution in [1.29, 1.82) is 0 Å². The highest BCUT2D eigenvalue weighted by Crippen LogP contribution is 2.37. The van der Waals surface area contributed by atoms with Gasteiger partial charge in [-0.2, -0.15) is 0 Å². The van der Waals surface area contributed by atoms with Crippen LogP contribution in [-0.2, 0) is 6.61 Å². The molecule has 4 heterocycles. The van der Waals surface area contributed by atoms with E-state index in [1.807, 2.05) is 42.0 Å². The largest absolute Gasteiger partial charge is 0.487 e. The van der Waals surface area contributed by atoms with Crippen LogP contribution in [-0.4, -0.2) is 38.7 Å². The Morgan fingerprint density at radius 3 is 2.94 bits per heavy atom. The standard InChI is InChI=1S/C24H24Cl2N6O/c1-15-10-20(31-9-7-28-14-31)17-5-2-6-21(23(17)30-15)33-13-18-19(25)12-29-24(22(18)26)32-8-3-4-16(32)11-27/h2,5-7,9-10,12,14,16H,3-4,8,11,13,27H2,1H3/t16-/m0/s1. The van der Waals surface area contributed by atoms with Crippen molar-refractivity contribution >= 4 is 39.9 Å². The summed E-state index contributed by atoms with van der Waals surface area (Å²) in [6.07, 6.45) is 9.16. The SMILES string of the molecule is Cc1cc(-n2ccnc2)c2cccc(OCc3c(Cl)cnc(N4CCC[C@H]4CN)c3Cl)c2n1. The normalized spacial score (nSPS) is 16.0. The van der Waals surface area contributed by atoms with Gasteiger partial charge in [0, 0.05) is 54.4 Å². The van der Waals surface area contributed by atoms with E-state index in [9.17, 15) is 0 Å². The van der Waals surface area contributed by atoms with Crippen molar-refractivity contribution in [2.24, 2.45) is 5.73 Å². The number of nitrogens with zero attached hydrogens (tertiary/aromatic N) is 5. The lowest BCUT2D eigenvalue weighted by Crippen LogP contribution is -2.36. The van der Waals surface area contributed by atoms with Gasteiger partial charge in [-0.25, -0.2) is 15.0 Å². The van der Waals surface area contributed by atoms with E-state index >= 15 is 0 Å². The molecule has 0 amide bonds. The van der Waals surface area contributed by atoms with Gasteiger partial charge in [0.25, 0.3) is 0 Å². The molecule has 2 N–H and O–H groups in total. The van der Waals surface area contributed by atoms with Gasteiger partial charge in [0.15, 0.2) is 0 Å². The number of anilines is 1. The zero-order chi connectivity index (χ0) is 22.9. The Bertz CT molecular complexity index is 1290. The Morgan fingerprint density at radius 1 is 1.27 bits per heavy atom. The van der Waals surface area contributed by atoms with Crippen molar-refractivity contribution in [3.8, 4) is 11.4 Å². The first kappa shape index (κ1) is 21.9. The predicted octanol–water partition coefficient (Wildman–Crippen LogP) is 4.94. The van der Waals surface area contributed by atoms with Gasteiger partial charge in [-0.15, -0.1) is 0 Å². The molecule has 9 heteroatoms. The average Bonchev–Trinajstić information content (AvgIpc) is 3.51. The van der Waals surface area contributed by atoms with Gasteiger partial charge in [-0.05, 0) is 31.9 Å². The van der Waals surface area contributed by atoms with Crippen LogP contribution in [0.5, 0.6) is 5.75 Å². The van der Waals surface area contributed by atoms with Crippen molar-refractivity contribution in [2.45, 2.75) is 32.4 Å². The van der Waals surface area contributed by atoms with E-state index in [4.69, 9.17) is 38.7 Å². The maximum Gasteiger partial charge on any atom is 0.148 e. The first-order valence-corrected chi connectivity index (χ1v) is 11.6. The molecule has 5 rings (SSSR count). The van der Waals surface area contributed by atoms with Crippen molar-refractivity contribution < 1.29 is 4.74 Å². The van der Waals surface area contributed by atoms with E-state index in [0.29, 0.717) is 33.7 Å². The molecule has 0 radical (unpaired) electrons. The summed E-state index contributed by atoms with van der Waals surface area (Å²) in [5.41, 5.74) is 9.29. The Balaban J connectivity index is 1.49. The fraction of sp³-hybridized carbons (Fsp3) is 0.292. The van der Waals surface area contributed by atoms with Gasteiger partial charge in [0.05, 0.1) is 22.1 Å². The van der Waals surface area contributed by atoms with Crippen molar-refractivity contribution in [3.63, 3.8) is 0 Å². The Labute approximate surface area is 202 Å². The maximum atomic E-state index is 6.78. The van der Waals surface area contributed by atoms with Crippen LogP contribution in [0, 0.1) is 6.92 Å². The third-order valence-corrected chi connectivity index (χ3v) is 6.76. The molecule has 1 aromatic carbocycles. The fourth-order valence-corrected chi connectivity index (χ4v) is 4.95. The molecule has 7 nitrogen and oxygen atoms in total. The highest BCUT2D eigenvalue weighted by atomic mass is 35.5. The Kier molecular flexibility index (Phi) is 6.10. The number of aryl methyl sites for hydroxylation is 1. The number of aromatic nitrogens is 4. The second kappa shape index (κ2) is 9.17. The number of ether oxygens (including phenoxy) is 1. The van der Waals surface area contributed by atoms with Crippen LogP contribution in [0.25, 0.3) is 16.6 Å². The molecule has 1 fully saturated rings. The van der Waals surface area contributed by atoms with Crippen LogP contribution >= 0.6 is 23.2 Å². The lowest BCUT2D eigenvalue weighted by Gasteiger charge is -2.26. The minimum Gasteiger partial charge on any atom is -0.487 e. The summed E-state index contributed by atoms with van der Waals surface area (Å²) >= 11 is 13.3. The molecule has 170 valence electrons. The van der Waals surface area contributed by atoms with Crippen LogP contribution in [0.3, 0.4) is 0 Å². The molecule has 1 atom stereocenters. The van der Waals surface area contributed by atoms with Gasteiger partial charge in [-0.1, -0.05) is 35.3 Å². The third kappa shape index (κ3) is 4.12. The van der Waals surface area contributed by atoms with E-state index in [-0.39, 0.29) is 12.6 Å². The Hall–Kier alpha value is -2.87. The number of imidazole rings is 1. The van der Waals surface area contributed by atoms with Gasteiger partial charge >= 0.3 is 0 Å². The zero-order valence-corrected chi connectivity index (χ0v) is 19.7. The van der Waals surface area contributed by atoms with Crippen LogP contribution in [0.1, 0.15) is 24.1 Å². The van der Waals surface area contributed by atoms with Gasteiger partial charge < -0.3 is 19.9 Å².